The second kappa shape index (κ2) is 7.66. The van der Waals surface area contributed by atoms with Crippen LogP contribution in [0.3, 0.4) is 0 Å². The molecule has 1 N–H and O–H groups in total. The molecule has 146 valence electrons. The predicted molar refractivity (Wildman–Crippen MR) is 108 cm³/mol. The number of hydrogen-bond donors (Lipinski definition) is 1. The first-order valence-corrected chi connectivity index (χ1v) is 9.91. The number of carbonyl (C=O) groups is 2. The zero-order valence-electron chi connectivity index (χ0n) is 16.4. The van der Waals surface area contributed by atoms with Crippen molar-refractivity contribution in [2.45, 2.75) is 45.2 Å². The molecule has 0 aromatic heterocycles. The smallest absolute Gasteiger partial charge is 0.254 e. The number of hydrogen-bond acceptors (Lipinski definition) is 3. The van der Waals surface area contributed by atoms with Crippen LogP contribution in [0.15, 0.2) is 42.5 Å². The van der Waals surface area contributed by atoms with E-state index in [1.165, 1.54) is 5.56 Å². The van der Waals surface area contributed by atoms with Crippen LogP contribution < -0.4 is 10.1 Å². The number of methoxy groups -OCH3 is 1. The van der Waals surface area contributed by atoms with E-state index in [1.807, 2.05) is 41.3 Å². The normalized spacial score (nSPS) is 21.4. The fraction of sp³-hybridized carbons (Fsp3) is 0.391. The number of amides is 2. The fourth-order valence-electron chi connectivity index (χ4n) is 4.40. The average Bonchev–Trinajstić information content (AvgIpc) is 3.06. The van der Waals surface area contributed by atoms with Crippen molar-refractivity contribution in [2.75, 3.05) is 12.4 Å². The molecule has 2 aliphatic rings. The summed E-state index contributed by atoms with van der Waals surface area (Å²) >= 11 is 0. The minimum atomic E-state index is -0.00994. The third-order valence-electron chi connectivity index (χ3n) is 6.08. The Hall–Kier alpha value is -2.82. The van der Waals surface area contributed by atoms with Crippen molar-refractivity contribution in [3.8, 4) is 5.75 Å². The summed E-state index contributed by atoms with van der Waals surface area (Å²) in [4.78, 5) is 27.5. The minimum Gasteiger partial charge on any atom is -0.497 e. The standard InChI is InChI=1S/C23H26N2O3/c1-15-5-3-8-20-21(15)14-25(23(20)27)18-11-9-16(10-12-18)22(26)24-17-6-4-7-19(13-17)28-2/h3-8,13,16,18H,9-12,14H2,1-2H3,(H,24,26). The molecule has 5 heteroatoms. The van der Waals surface area contributed by atoms with Crippen LogP contribution in [0.1, 0.15) is 47.2 Å². The van der Waals surface area contributed by atoms with Gasteiger partial charge in [-0.1, -0.05) is 18.2 Å². The Labute approximate surface area is 165 Å². The van der Waals surface area contributed by atoms with Gasteiger partial charge in [-0.3, -0.25) is 9.59 Å². The summed E-state index contributed by atoms with van der Waals surface area (Å²) in [7, 11) is 1.61. The Kier molecular flexibility index (Phi) is 5.07. The number of rotatable bonds is 4. The lowest BCUT2D eigenvalue weighted by atomic mass is 9.84. The maximum Gasteiger partial charge on any atom is 0.254 e. The van der Waals surface area contributed by atoms with E-state index in [9.17, 15) is 9.59 Å². The molecule has 2 aromatic carbocycles. The zero-order chi connectivity index (χ0) is 19.7. The average molecular weight is 378 g/mol. The molecule has 4 rings (SSSR count). The van der Waals surface area contributed by atoms with Gasteiger partial charge < -0.3 is 15.0 Å². The molecular formula is C23H26N2O3. The Morgan fingerprint density at radius 3 is 2.57 bits per heavy atom. The number of fused-ring (bicyclic) bond motifs is 1. The van der Waals surface area contributed by atoms with Crippen LogP contribution in [0.2, 0.25) is 0 Å². The van der Waals surface area contributed by atoms with Crippen LogP contribution in [0.5, 0.6) is 5.75 Å². The first kappa shape index (κ1) is 18.5. The summed E-state index contributed by atoms with van der Waals surface area (Å²) in [5, 5.41) is 3.00. The molecule has 2 aromatic rings. The fourth-order valence-corrected chi connectivity index (χ4v) is 4.40. The van der Waals surface area contributed by atoms with E-state index >= 15 is 0 Å². The highest BCUT2D eigenvalue weighted by Crippen LogP contribution is 2.34. The third-order valence-corrected chi connectivity index (χ3v) is 6.08. The van der Waals surface area contributed by atoms with Gasteiger partial charge in [0.25, 0.3) is 5.91 Å². The van der Waals surface area contributed by atoms with Gasteiger partial charge in [0.15, 0.2) is 0 Å². The van der Waals surface area contributed by atoms with Gasteiger partial charge in [0.1, 0.15) is 5.75 Å². The van der Waals surface area contributed by atoms with Crippen LogP contribution >= 0.6 is 0 Å². The molecule has 0 atom stereocenters. The summed E-state index contributed by atoms with van der Waals surface area (Å²) in [6, 6.07) is 13.6. The van der Waals surface area contributed by atoms with Crippen molar-refractivity contribution < 1.29 is 14.3 Å². The Morgan fingerprint density at radius 2 is 1.86 bits per heavy atom. The Morgan fingerprint density at radius 1 is 1.11 bits per heavy atom. The molecule has 0 radical (unpaired) electrons. The van der Waals surface area contributed by atoms with Crippen LogP contribution in [0.4, 0.5) is 5.69 Å². The molecule has 2 amide bonds. The van der Waals surface area contributed by atoms with Crippen LogP contribution in [0, 0.1) is 12.8 Å². The van der Waals surface area contributed by atoms with Crippen LogP contribution in [0.25, 0.3) is 0 Å². The predicted octanol–water partition coefficient (Wildman–Crippen LogP) is 4.16. The van der Waals surface area contributed by atoms with Gasteiger partial charge in [-0.15, -0.1) is 0 Å². The van der Waals surface area contributed by atoms with E-state index in [2.05, 4.69) is 18.3 Å². The number of carbonyl (C=O) groups excluding carboxylic acids is 2. The molecule has 0 bridgehead atoms. The highest BCUT2D eigenvalue weighted by Gasteiger charge is 2.36. The lowest BCUT2D eigenvalue weighted by Gasteiger charge is -2.34. The molecule has 0 spiro atoms. The first-order valence-electron chi connectivity index (χ1n) is 9.91. The third kappa shape index (κ3) is 3.49. The molecule has 1 saturated carbocycles. The van der Waals surface area contributed by atoms with Gasteiger partial charge in [0, 0.05) is 35.8 Å². The quantitative estimate of drug-likeness (QED) is 0.869. The van der Waals surface area contributed by atoms with Crippen LogP contribution in [-0.4, -0.2) is 29.9 Å². The van der Waals surface area contributed by atoms with Crippen molar-refractivity contribution in [3.05, 3.63) is 59.2 Å². The first-order chi connectivity index (χ1) is 13.6. The maximum absolute atomic E-state index is 12.8. The minimum absolute atomic E-state index is 0.00994. The summed E-state index contributed by atoms with van der Waals surface area (Å²) in [6.45, 7) is 2.77. The summed E-state index contributed by atoms with van der Waals surface area (Å²) in [6.07, 6.45) is 3.35. The van der Waals surface area contributed by atoms with Crippen molar-refractivity contribution in [1.82, 2.24) is 4.90 Å². The Bertz CT molecular complexity index is 900. The largest absolute Gasteiger partial charge is 0.497 e. The number of benzene rings is 2. The molecule has 1 fully saturated rings. The second-order valence-electron chi connectivity index (χ2n) is 7.76. The molecule has 5 nitrogen and oxygen atoms in total. The number of anilines is 1. The molecular weight excluding hydrogens is 352 g/mol. The topological polar surface area (TPSA) is 58.6 Å². The van der Waals surface area contributed by atoms with Crippen LogP contribution in [-0.2, 0) is 11.3 Å². The van der Waals surface area contributed by atoms with Gasteiger partial charge in [-0.25, -0.2) is 0 Å². The summed E-state index contributed by atoms with van der Waals surface area (Å²) in [5.74, 6) is 0.912. The van der Waals surface area contributed by atoms with Gasteiger partial charge in [-0.05, 0) is 61.9 Å². The summed E-state index contributed by atoms with van der Waals surface area (Å²) < 4.78 is 5.21. The van der Waals surface area contributed by atoms with E-state index in [4.69, 9.17) is 4.74 Å². The van der Waals surface area contributed by atoms with Crippen molar-refractivity contribution >= 4 is 17.5 Å². The van der Waals surface area contributed by atoms with Gasteiger partial charge in [-0.2, -0.15) is 0 Å². The van der Waals surface area contributed by atoms with E-state index in [1.54, 1.807) is 7.11 Å². The number of ether oxygens (including phenoxy) is 1. The number of aryl methyl sites for hydroxylation is 1. The van der Waals surface area contributed by atoms with E-state index in [0.29, 0.717) is 6.54 Å². The molecule has 28 heavy (non-hydrogen) atoms. The molecule has 1 heterocycles. The zero-order valence-corrected chi connectivity index (χ0v) is 16.4. The van der Waals surface area contributed by atoms with E-state index < -0.39 is 0 Å². The molecule has 0 unspecified atom stereocenters. The van der Waals surface area contributed by atoms with Gasteiger partial charge in [0.2, 0.25) is 5.91 Å². The summed E-state index contributed by atoms with van der Waals surface area (Å²) in [5.41, 5.74) is 3.94. The highest BCUT2D eigenvalue weighted by atomic mass is 16.5. The monoisotopic (exact) mass is 378 g/mol. The van der Waals surface area contributed by atoms with Gasteiger partial charge in [0.05, 0.1) is 7.11 Å². The van der Waals surface area contributed by atoms with Crippen molar-refractivity contribution in [3.63, 3.8) is 0 Å². The van der Waals surface area contributed by atoms with E-state index in [-0.39, 0.29) is 23.8 Å². The lowest BCUT2D eigenvalue weighted by Crippen LogP contribution is -2.40. The van der Waals surface area contributed by atoms with Crippen molar-refractivity contribution in [2.24, 2.45) is 5.92 Å². The van der Waals surface area contributed by atoms with Crippen molar-refractivity contribution in [1.29, 1.82) is 0 Å². The van der Waals surface area contributed by atoms with E-state index in [0.717, 1.165) is 48.2 Å². The molecule has 1 aliphatic carbocycles. The lowest BCUT2D eigenvalue weighted by molar-refractivity contribution is -0.121. The Balaban J connectivity index is 1.35. The molecule has 1 aliphatic heterocycles. The maximum atomic E-state index is 12.8. The molecule has 0 saturated heterocycles. The number of nitrogens with zero attached hydrogens (tertiary/aromatic N) is 1. The SMILES string of the molecule is COc1cccc(NC(=O)C2CCC(N3Cc4c(C)cccc4C3=O)CC2)c1. The second-order valence-corrected chi connectivity index (χ2v) is 7.76. The number of nitrogens with one attached hydrogen (secondary N) is 1. The van der Waals surface area contributed by atoms with Gasteiger partial charge >= 0.3 is 0 Å². The highest BCUT2D eigenvalue weighted by molar-refractivity contribution is 5.99.